The second-order valence-corrected chi connectivity index (χ2v) is 5.29. The molecular weight excluding hydrogens is 240 g/mol. The average molecular weight is 254 g/mol. The van der Waals surface area contributed by atoms with Crippen LogP contribution in [0.4, 0.5) is 0 Å². The van der Waals surface area contributed by atoms with Crippen LogP contribution in [0.2, 0.25) is 0 Å². The maximum Gasteiger partial charge on any atom is 0.0705 e. The number of thiophene rings is 1. The number of hydrogen-bond donors (Lipinski definition) is 1. The summed E-state index contributed by atoms with van der Waals surface area (Å²) in [6.07, 6.45) is 0.876. The number of hydrogen-bond acceptors (Lipinski definition) is 3. The molecular formula is C15H14N2S. The first-order chi connectivity index (χ1) is 8.85. The standard InChI is InChI=1S/C15H14N2S/c16-9-14-8-11(10-18-14)7-13-6-5-12-3-1-2-4-15(12)17-13/h1-6,8,10H,7,9,16H2. The van der Waals surface area contributed by atoms with Crippen LogP contribution in [0, 0.1) is 0 Å². The highest BCUT2D eigenvalue weighted by Gasteiger charge is 2.02. The number of nitrogens with zero attached hydrogens (tertiary/aromatic N) is 1. The summed E-state index contributed by atoms with van der Waals surface area (Å²) in [6.45, 7) is 0.621. The summed E-state index contributed by atoms with van der Waals surface area (Å²) < 4.78 is 0. The van der Waals surface area contributed by atoms with Crippen molar-refractivity contribution in [1.82, 2.24) is 4.98 Å². The smallest absolute Gasteiger partial charge is 0.0705 e. The van der Waals surface area contributed by atoms with Gasteiger partial charge in [0.1, 0.15) is 0 Å². The van der Waals surface area contributed by atoms with Gasteiger partial charge < -0.3 is 5.73 Å². The Hall–Kier alpha value is -1.71. The fourth-order valence-electron chi connectivity index (χ4n) is 2.04. The van der Waals surface area contributed by atoms with Crippen LogP contribution in [-0.4, -0.2) is 4.98 Å². The van der Waals surface area contributed by atoms with Gasteiger partial charge in [-0.2, -0.15) is 0 Å². The predicted molar refractivity (Wildman–Crippen MR) is 76.8 cm³/mol. The third-order valence-corrected chi connectivity index (χ3v) is 3.96. The zero-order valence-electron chi connectivity index (χ0n) is 9.97. The van der Waals surface area contributed by atoms with E-state index in [-0.39, 0.29) is 0 Å². The van der Waals surface area contributed by atoms with Gasteiger partial charge in [0.25, 0.3) is 0 Å². The fourth-order valence-corrected chi connectivity index (χ4v) is 2.81. The maximum absolute atomic E-state index is 5.63. The minimum absolute atomic E-state index is 0.621. The van der Waals surface area contributed by atoms with E-state index in [0.29, 0.717) is 6.54 Å². The summed E-state index contributed by atoms with van der Waals surface area (Å²) in [4.78, 5) is 5.91. The lowest BCUT2D eigenvalue weighted by atomic mass is 10.1. The van der Waals surface area contributed by atoms with E-state index in [1.807, 2.05) is 12.1 Å². The van der Waals surface area contributed by atoms with Crippen molar-refractivity contribution in [2.75, 3.05) is 0 Å². The molecule has 0 saturated carbocycles. The van der Waals surface area contributed by atoms with Gasteiger partial charge in [-0.3, -0.25) is 4.98 Å². The molecule has 0 fully saturated rings. The highest BCUT2D eigenvalue weighted by Crippen LogP contribution is 2.18. The zero-order valence-corrected chi connectivity index (χ0v) is 10.8. The van der Waals surface area contributed by atoms with Crippen LogP contribution >= 0.6 is 11.3 Å². The SMILES string of the molecule is NCc1cc(Cc2ccc3ccccc3n2)cs1. The lowest BCUT2D eigenvalue weighted by molar-refractivity contribution is 1.08. The van der Waals surface area contributed by atoms with E-state index in [2.05, 4.69) is 40.7 Å². The van der Waals surface area contributed by atoms with Crippen molar-refractivity contribution < 1.29 is 0 Å². The van der Waals surface area contributed by atoms with Crippen molar-refractivity contribution in [3.63, 3.8) is 0 Å². The van der Waals surface area contributed by atoms with Gasteiger partial charge in [-0.15, -0.1) is 11.3 Å². The van der Waals surface area contributed by atoms with Gasteiger partial charge in [0.15, 0.2) is 0 Å². The van der Waals surface area contributed by atoms with Crippen LogP contribution < -0.4 is 5.73 Å². The molecule has 2 heterocycles. The summed E-state index contributed by atoms with van der Waals surface area (Å²) in [6, 6.07) is 14.6. The Morgan fingerprint density at radius 1 is 1.11 bits per heavy atom. The molecule has 0 aliphatic rings. The van der Waals surface area contributed by atoms with Crippen LogP contribution in [0.1, 0.15) is 16.1 Å². The Bertz CT molecular complexity index is 673. The third-order valence-electron chi connectivity index (χ3n) is 2.95. The summed E-state index contributed by atoms with van der Waals surface area (Å²) in [5, 5.41) is 3.35. The van der Waals surface area contributed by atoms with E-state index < -0.39 is 0 Å². The molecule has 3 aromatic rings. The molecule has 0 bridgehead atoms. The molecule has 3 heteroatoms. The first-order valence-electron chi connectivity index (χ1n) is 5.96. The third kappa shape index (κ3) is 2.28. The first-order valence-corrected chi connectivity index (χ1v) is 6.84. The molecule has 2 N–H and O–H groups in total. The van der Waals surface area contributed by atoms with Crippen molar-refractivity contribution in [3.8, 4) is 0 Å². The molecule has 0 spiro atoms. The lowest BCUT2D eigenvalue weighted by Gasteiger charge is -2.01. The minimum atomic E-state index is 0.621. The normalized spacial score (nSPS) is 10.9. The van der Waals surface area contributed by atoms with E-state index in [4.69, 9.17) is 5.73 Å². The molecule has 90 valence electrons. The van der Waals surface area contributed by atoms with Gasteiger partial charge in [0, 0.05) is 28.9 Å². The Kier molecular flexibility index (Phi) is 3.09. The first kappa shape index (κ1) is 11.4. The minimum Gasteiger partial charge on any atom is -0.326 e. The van der Waals surface area contributed by atoms with E-state index >= 15 is 0 Å². The Morgan fingerprint density at radius 2 is 2.00 bits per heavy atom. The summed E-state index contributed by atoms with van der Waals surface area (Å²) >= 11 is 1.72. The van der Waals surface area contributed by atoms with Crippen LogP contribution in [-0.2, 0) is 13.0 Å². The van der Waals surface area contributed by atoms with E-state index in [9.17, 15) is 0 Å². The lowest BCUT2D eigenvalue weighted by Crippen LogP contribution is -1.93. The zero-order chi connectivity index (χ0) is 12.4. The van der Waals surface area contributed by atoms with Crippen LogP contribution in [0.5, 0.6) is 0 Å². The fraction of sp³-hybridized carbons (Fsp3) is 0.133. The van der Waals surface area contributed by atoms with Gasteiger partial charge >= 0.3 is 0 Å². The summed E-state index contributed by atoms with van der Waals surface area (Å²) in [5.74, 6) is 0. The Labute approximate surface area is 110 Å². The summed E-state index contributed by atoms with van der Waals surface area (Å²) in [7, 11) is 0. The second-order valence-electron chi connectivity index (χ2n) is 4.30. The van der Waals surface area contributed by atoms with E-state index in [1.54, 1.807) is 11.3 Å². The van der Waals surface area contributed by atoms with Crippen LogP contribution in [0.25, 0.3) is 10.9 Å². The number of para-hydroxylation sites is 1. The van der Waals surface area contributed by atoms with E-state index in [0.717, 1.165) is 17.6 Å². The molecule has 0 unspecified atom stereocenters. The van der Waals surface area contributed by atoms with Gasteiger partial charge in [0.2, 0.25) is 0 Å². The topological polar surface area (TPSA) is 38.9 Å². The molecule has 2 aromatic heterocycles. The number of rotatable bonds is 3. The quantitative estimate of drug-likeness (QED) is 0.778. The van der Waals surface area contributed by atoms with Crippen LogP contribution in [0.3, 0.4) is 0 Å². The van der Waals surface area contributed by atoms with Crippen molar-refractivity contribution in [2.24, 2.45) is 5.73 Å². The van der Waals surface area contributed by atoms with Crippen molar-refractivity contribution in [1.29, 1.82) is 0 Å². The Balaban J connectivity index is 1.90. The van der Waals surface area contributed by atoms with Gasteiger partial charge in [0.05, 0.1) is 5.52 Å². The van der Waals surface area contributed by atoms with Crippen molar-refractivity contribution in [3.05, 3.63) is 64.0 Å². The molecule has 18 heavy (non-hydrogen) atoms. The van der Waals surface area contributed by atoms with Gasteiger partial charge in [-0.05, 0) is 29.1 Å². The van der Waals surface area contributed by atoms with Gasteiger partial charge in [-0.1, -0.05) is 24.3 Å². The largest absolute Gasteiger partial charge is 0.326 e. The highest BCUT2D eigenvalue weighted by atomic mass is 32.1. The molecule has 2 nitrogen and oxygen atoms in total. The molecule has 0 atom stereocenters. The molecule has 3 rings (SSSR count). The molecule has 0 aliphatic heterocycles. The molecule has 1 aromatic carbocycles. The van der Waals surface area contributed by atoms with Crippen molar-refractivity contribution in [2.45, 2.75) is 13.0 Å². The second kappa shape index (κ2) is 4.88. The number of fused-ring (bicyclic) bond motifs is 1. The van der Waals surface area contributed by atoms with Crippen molar-refractivity contribution >= 4 is 22.2 Å². The number of nitrogens with two attached hydrogens (primary N) is 1. The molecule has 0 saturated heterocycles. The number of benzene rings is 1. The molecule has 0 amide bonds. The monoisotopic (exact) mass is 254 g/mol. The average Bonchev–Trinajstić information content (AvgIpc) is 2.86. The number of pyridine rings is 1. The van der Waals surface area contributed by atoms with E-state index in [1.165, 1.54) is 15.8 Å². The predicted octanol–water partition coefficient (Wildman–Crippen LogP) is 3.35. The molecule has 0 aliphatic carbocycles. The van der Waals surface area contributed by atoms with Crippen LogP contribution in [0.15, 0.2) is 47.8 Å². The molecule has 0 radical (unpaired) electrons. The number of aromatic nitrogens is 1. The highest BCUT2D eigenvalue weighted by molar-refractivity contribution is 7.10. The summed E-state index contributed by atoms with van der Waals surface area (Å²) in [5.41, 5.74) is 9.09. The Morgan fingerprint density at radius 3 is 2.83 bits per heavy atom. The van der Waals surface area contributed by atoms with Gasteiger partial charge in [-0.25, -0.2) is 0 Å². The maximum atomic E-state index is 5.63.